The maximum absolute atomic E-state index is 11.9. The van der Waals surface area contributed by atoms with Crippen molar-refractivity contribution in [3.63, 3.8) is 0 Å². The molecule has 1 heterocycles. The highest BCUT2D eigenvalue weighted by molar-refractivity contribution is 7.84. The van der Waals surface area contributed by atoms with Crippen LogP contribution in [0.1, 0.15) is 6.42 Å². The predicted molar refractivity (Wildman–Crippen MR) is 75.3 cm³/mol. The molecule has 1 aliphatic rings. The Morgan fingerprint density at radius 2 is 1.82 bits per heavy atom. The predicted octanol–water partition coefficient (Wildman–Crippen LogP) is -2.39. The Morgan fingerprint density at radius 3 is 2.23 bits per heavy atom. The van der Waals surface area contributed by atoms with E-state index in [0.29, 0.717) is 0 Å². The first-order valence-corrected chi connectivity index (χ1v) is 8.02. The summed E-state index contributed by atoms with van der Waals surface area (Å²) < 4.78 is 11.0. The zero-order valence-electron chi connectivity index (χ0n) is 12.3. The van der Waals surface area contributed by atoms with E-state index < -0.39 is 46.6 Å². The molecule has 0 aromatic rings. The molecule has 0 saturated carbocycles. The Kier molecular flexibility index (Phi) is 5.92. The average Bonchev–Trinajstić information content (AvgIpc) is 2.45. The van der Waals surface area contributed by atoms with Crippen LogP contribution in [0, 0.1) is 5.92 Å². The van der Waals surface area contributed by atoms with E-state index in [4.69, 9.17) is 0 Å². The van der Waals surface area contributed by atoms with Crippen LogP contribution in [0.2, 0.25) is 0 Å². The van der Waals surface area contributed by atoms with Crippen LogP contribution in [-0.4, -0.2) is 76.2 Å². The van der Waals surface area contributed by atoms with Gasteiger partial charge in [0.05, 0.1) is 12.0 Å². The summed E-state index contributed by atoms with van der Waals surface area (Å²) in [6.45, 7) is 0. The van der Waals surface area contributed by atoms with Gasteiger partial charge in [-0.2, -0.15) is 0 Å². The fourth-order valence-electron chi connectivity index (χ4n) is 1.78. The number of amides is 4. The standard InChI is InChI=1S/C12H17N3O6S/c1-14-9(16)7(10(17)15(2)12(14)20)6-13-8(11(18)19)4-5-22(3)21/h6-8H,4-5H2,1-3H3,(H,18,19)/p-1/t8-,22-/m0/s1. The molecule has 1 aliphatic heterocycles. The zero-order chi connectivity index (χ0) is 17.0. The molecule has 4 amide bonds. The number of aliphatic imine (C=N–C) groups is 1. The lowest BCUT2D eigenvalue weighted by Crippen LogP contribution is -2.57. The third kappa shape index (κ3) is 3.97. The quantitative estimate of drug-likeness (QED) is 0.395. The van der Waals surface area contributed by atoms with E-state index in [0.717, 1.165) is 16.0 Å². The lowest BCUT2D eigenvalue weighted by Gasteiger charge is -2.31. The van der Waals surface area contributed by atoms with Crippen LogP contribution in [0.25, 0.3) is 0 Å². The SMILES string of the molecule is CN1C(=O)C(C=N[C@@H](CC[S@](C)=O)C(=O)[O-])C(=O)N(C)C1=O. The third-order valence-electron chi connectivity index (χ3n) is 3.13. The molecule has 10 heteroatoms. The van der Waals surface area contributed by atoms with Crippen molar-refractivity contribution in [2.45, 2.75) is 12.5 Å². The highest BCUT2D eigenvalue weighted by Crippen LogP contribution is 2.14. The number of barbiturate groups is 1. The second kappa shape index (κ2) is 7.25. The number of carboxylic acids is 1. The summed E-state index contributed by atoms with van der Waals surface area (Å²) in [5.74, 6) is -4.32. The summed E-state index contributed by atoms with van der Waals surface area (Å²) in [4.78, 5) is 51.5. The topological polar surface area (TPSA) is 127 Å². The Hall–Kier alpha value is -2.10. The molecule has 0 spiro atoms. The van der Waals surface area contributed by atoms with Crippen molar-refractivity contribution >= 4 is 40.8 Å². The first kappa shape index (κ1) is 18.0. The third-order valence-corrected chi connectivity index (χ3v) is 3.94. The van der Waals surface area contributed by atoms with E-state index in [1.54, 1.807) is 0 Å². The number of carbonyl (C=O) groups is 4. The lowest BCUT2D eigenvalue weighted by molar-refractivity contribution is -0.307. The van der Waals surface area contributed by atoms with Gasteiger partial charge in [-0.15, -0.1) is 0 Å². The molecule has 2 atom stereocenters. The summed E-state index contributed by atoms with van der Waals surface area (Å²) in [7, 11) is 1.23. The molecule has 0 N–H and O–H groups in total. The van der Waals surface area contributed by atoms with Gasteiger partial charge in [-0.1, -0.05) is 0 Å². The van der Waals surface area contributed by atoms with Gasteiger partial charge in [0, 0.05) is 43.1 Å². The molecule has 22 heavy (non-hydrogen) atoms. The van der Waals surface area contributed by atoms with E-state index in [1.807, 2.05) is 0 Å². The molecular formula is C12H16N3O6S-. The van der Waals surface area contributed by atoms with Gasteiger partial charge < -0.3 is 9.90 Å². The van der Waals surface area contributed by atoms with E-state index in [9.17, 15) is 28.5 Å². The fraction of sp³-hybridized carbons (Fsp3) is 0.583. The molecule has 1 fully saturated rings. The monoisotopic (exact) mass is 330 g/mol. The largest absolute Gasteiger partial charge is 0.548 e. The van der Waals surface area contributed by atoms with Gasteiger partial charge in [0.25, 0.3) is 0 Å². The molecule has 0 aromatic heterocycles. The normalized spacial score (nSPS) is 19.9. The Bertz CT molecular complexity index is 537. The number of urea groups is 1. The number of aliphatic carboxylic acids is 1. The Morgan fingerprint density at radius 1 is 1.32 bits per heavy atom. The van der Waals surface area contributed by atoms with E-state index in [1.165, 1.54) is 20.4 Å². The molecule has 0 bridgehead atoms. The highest BCUT2D eigenvalue weighted by atomic mass is 32.2. The van der Waals surface area contributed by atoms with Crippen molar-refractivity contribution in [2.75, 3.05) is 26.1 Å². The van der Waals surface area contributed by atoms with Gasteiger partial charge in [0.1, 0.15) is 0 Å². The number of rotatable bonds is 6. The number of carboxylic acid groups (broad SMARTS) is 1. The van der Waals surface area contributed by atoms with Gasteiger partial charge >= 0.3 is 6.03 Å². The lowest BCUT2D eigenvalue weighted by atomic mass is 10.1. The van der Waals surface area contributed by atoms with Gasteiger partial charge in [-0.3, -0.25) is 28.6 Å². The molecule has 122 valence electrons. The minimum absolute atomic E-state index is 0.0400. The number of imide groups is 2. The van der Waals surface area contributed by atoms with Gasteiger partial charge in [0.15, 0.2) is 5.92 Å². The van der Waals surface area contributed by atoms with Crippen molar-refractivity contribution in [1.82, 2.24) is 9.80 Å². The molecule has 1 saturated heterocycles. The van der Waals surface area contributed by atoms with Crippen LogP contribution in [0.5, 0.6) is 0 Å². The molecule has 0 radical (unpaired) electrons. The number of carbonyl (C=O) groups excluding carboxylic acids is 4. The Labute approximate surface area is 129 Å². The van der Waals surface area contributed by atoms with Crippen molar-refractivity contribution < 1.29 is 28.5 Å². The number of hydrogen-bond acceptors (Lipinski definition) is 7. The van der Waals surface area contributed by atoms with Crippen LogP contribution in [0.3, 0.4) is 0 Å². The molecule has 0 unspecified atom stereocenters. The maximum atomic E-state index is 11.9. The summed E-state index contributed by atoms with van der Waals surface area (Å²) in [5.41, 5.74) is 0. The number of nitrogens with zero attached hydrogens (tertiary/aromatic N) is 3. The minimum atomic E-state index is -1.49. The average molecular weight is 330 g/mol. The van der Waals surface area contributed by atoms with Gasteiger partial charge in [0.2, 0.25) is 11.8 Å². The molecule has 1 rings (SSSR count). The first-order chi connectivity index (χ1) is 10.2. The summed E-state index contributed by atoms with van der Waals surface area (Å²) in [5, 5.41) is 11.0. The maximum Gasteiger partial charge on any atom is 0.332 e. The van der Waals surface area contributed by atoms with Crippen LogP contribution in [0.4, 0.5) is 4.79 Å². The zero-order valence-corrected chi connectivity index (χ0v) is 13.2. The first-order valence-electron chi connectivity index (χ1n) is 6.30. The van der Waals surface area contributed by atoms with Crippen LogP contribution in [-0.2, 0) is 25.2 Å². The second-order valence-corrected chi connectivity index (χ2v) is 6.31. The highest BCUT2D eigenvalue weighted by Gasteiger charge is 2.41. The smallest absolute Gasteiger partial charge is 0.332 e. The fourth-order valence-corrected chi connectivity index (χ4v) is 2.34. The summed E-state index contributed by atoms with van der Waals surface area (Å²) in [6, 6.07) is -2.07. The second-order valence-electron chi connectivity index (χ2n) is 4.75. The van der Waals surface area contributed by atoms with Crippen molar-refractivity contribution in [2.24, 2.45) is 10.9 Å². The van der Waals surface area contributed by atoms with E-state index in [-0.39, 0.29) is 12.2 Å². The van der Waals surface area contributed by atoms with Crippen LogP contribution >= 0.6 is 0 Å². The summed E-state index contributed by atoms with van der Waals surface area (Å²) >= 11 is 0. The van der Waals surface area contributed by atoms with Crippen LogP contribution in [0.15, 0.2) is 4.99 Å². The minimum Gasteiger partial charge on any atom is -0.548 e. The van der Waals surface area contributed by atoms with E-state index >= 15 is 0 Å². The van der Waals surface area contributed by atoms with Crippen molar-refractivity contribution in [3.8, 4) is 0 Å². The van der Waals surface area contributed by atoms with Crippen molar-refractivity contribution in [3.05, 3.63) is 0 Å². The molecule has 0 aliphatic carbocycles. The van der Waals surface area contributed by atoms with Crippen LogP contribution < -0.4 is 5.11 Å². The van der Waals surface area contributed by atoms with Crippen molar-refractivity contribution in [1.29, 1.82) is 0 Å². The number of hydrogen-bond donors (Lipinski definition) is 0. The van der Waals surface area contributed by atoms with E-state index in [2.05, 4.69) is 4.99 Å². The summed E-state index contributed by atoms with van der Waals surface area (Å²) in [6.07, 6.45) is 2.28. The molecule has 9 nitrogen and oxygen atoms in total. The van der Waals surface area contributed by atoms with Gasteiger partial charge in [-0.25, -0.2) is 4.79 Å². The Balaban J connectivity index is 2.91. The molecular weight excluding hydrogens is 314 g/mol. The molecule has 0 aromatic carbocycles. The van der Waals surface area contributed by atoms with Gasteiger partial charge in [-0.05, 0) is 6.42 Å².